The zero-order valence-electron chi connectivity index (χ0n) is 5.61. The van der Waals surface area contributed by atoms with E-state index in [-0.39, 0.29) is 11.9 Å². The first-order chi connectivity index (χ1) is 4.34. The first-order valence-electron chi connectivity index (χ1n) is 3.29. The van der Waals surface area contributed by atoms with Gasteiger partial charge < -0.3 is 10.6 Å². The Hall–Kier alpha value is -0.570. The second kappa shape index (κ2) is 2.82. The molecule has 0 aromatic heterocycles. The molecule has 3 heteroatoms. The van der Waals surface area contributed by atoms with Gasteiger partial charge in [-0.05, 0) is 19.9 Å². The van der Waals surface area contributed by atoms with Crippen molar-refractivity contribution >= 4 is 5.91 Å². The zero-order chi connectivity index (χ0) is 6.69. The lowest BCUT2D eigenvalue weighted by Crippen LogP contribution is -2.46. The van der Waals surface area contributed by atoms with Crippen LogP contribution in [0.15, 0.2) is 0 Å². The van der Waals surface area contributed by atoms with Crippen molar-refractivity contribution in [1.29, 1.82) is 0 Å². The maximum absolute atomic E-state index is 10.9. The fourth-order valence-electron chi connectivity index (χ4n) is 1.05. The Balaban J connectivity index is 2.39. The number of carbonyl (C=O) groups is 1. The highest BCUT2D eigenvalue weighted by Crippen LogP contribution is 2.00. The molecule has 1 fully saturated rings. The van der Waals surface area contributed by atoms with Crippen LogP contribution in [0.2, 0.25) is 0 Å². The fraction of sp³-hybridized carbons (Fsp3) is 0.833. The van der Waals surface area contributed by atoms with Gasteiger partial charge in [0.2, 0.25) is 5.91 Å². The molecule has 3 nitrogen and oxygen atoms in total. The lowest BCUT2D eigenvalue weighted by atomic mass is 10.1. The first kappa shape index (κ1) is 6.55. The van der Waals surface area contributed by atoms with Gasteiger partial charge in [-0.2, -0.15) is 0 Å². The van der Waals surface area contributed by atoms with Crippen molar-refractivity contribution in [2.24, 2.45) is 0 Å². The maximum atomic E-state index is 10.9. The minimum Gasteiger partial charge on any atom is -0.355 e. The van der Waals surface area contributed by atoms with E-state index in [1.54, 1.807) is 0 Å². The lowest BCUT2D eigenvalue weighted by Gasteiger charge is -2.20. The minimum atomic E-state index is 0.0544. The average Bonchev–Trinajstić information content (AvgIpc) is 1.89. The van der Waals surface area contributed by atoms with Crippen molar-refractivity contribution in [2.45, 2.75) is 18.9 Å². The number of carbonyl (C=O) groups excluding carboxylic acids is 1. The highest BCUT2D eigenvalue weighted by atomic mass is 16.2. The van der Waals surface area contributed by atoms with Gasteiger partial charge >= 0.3 is 0 Å². The Morgan fingerprint density at radius 3 is 3.00 bits per heavy atom. The van der Waals surface area contributed by atoms with E-state index in [0.717, 1.165) is 19.4 Å². The number of likely N-dealkylation sites (N-methyl/N-ethyl adjacent to an activating group) is 1. The third-order valence-electron chi connectivity index (χ3n) is 1.63. The summed E-state index contributed by atoms with van der Waals surface area (Å²) in [6, 6.07) is 0.0544. The molecule has 52 valence electrons. The number of amides is 1. The standard InChI is InChI=1S/C6H12N2O/c1-7-5-3-2-4-8-6(5)9/h5,7H,2-4H2,1H3,(H,8,9)/t5-/m1/s1. The normalized spacial score (nSPS) is 27.7. The van der Waals surface area contributed by atoms with Gasteiger partial charge in [0, 0.05) is 6.54 Å². The largest absolute Gasteiger partial charge is 0.355 e. The summed E-state index contributed by atoms with van der Waals surface area (Å²) in [7, 11) is 1.82. The average molecular weight is 128 g/mol. The SMILES string of the molecule is CN[C@@H]1CCCNC1=O. The molecule has 0 aromatic carbocycles. The molecule has 1 aliphatic rings. The van der Waals surface area contributed by atoms with Crippen LogP contribution >= 0.6 is 0 Å². The van der Waals surface area contributed by atoms with Crippen molar-refractivity contribution in [3.63, 3.8) is 0 Å². The molecular formula is C6H12N2O. The molecular weight excluding hydrogens is 116 g/mol. The summed E-state index contributed by atoms with van der Waals surface area (Å²) in [6.45, 7) is 0.844. The Bertz CT molecular complexity index is 114. The van der Waals surface area contributed by atoms with Crippen LogP contribution in [-0.2, 0) is 4.79 Å². The van der Waals surface area contributed by atoms with Crippen LogP contribution in [0.1, 0.15) is 12.8 Å². The van der Waals surface area contributed by atoms with Gasteiger partial charge in [0.15, 0.2) is 0 Å². The van der Waals surface area contributed by atoms with Crippen LogP contribution in [0.3, 0.4) is 0 Å². The van der Waals surface area contributed by atoms with Crippen molar-refractivity contribution in [1.82, 2.24) is 10.6 Å². The van der Waals surface area contributed by atoms with Crippen LogP contribution in [0.25, 0.3) is 0 Å². The van der Waals surface area contributed by atoms with Gasteiger partial charge in [-0.1, -0.05) is 0 Å². The van der Waals surface area contributed by atoms with E-state index in [0.29, 0.717) is 0 Å². The number of nitrogens with one attached hydrogen (secondary N) is 2. The smallest absolute Gasteiger partial charge is 0.237 e. The summed E-state index contributed by atoms with van der Waals surface area (Å²) >= 11 is 0. The molecule has 0 unspecified atom stereocenters. The van der Waals surface area contributed by atoms with E-state index >= 15 is 0 Å². The third kappa shape index (κ3) is 1.42. The Labute approximate surface area is 54.8 Å². The predicted molar refractivity (Wildman–Crippen MR) is 35.1 cm³/mol. The molecule has 1 amide bonds. The van der Waals surface area contributed by atoms with Crippen molar-refractivity contribution < 1.29 is 4.79 Å². The van der Waals surface area contributed by atoms with Gasteiger partial charge in [-0.3, -0.25) is 4.79 Å². The highest BCUT2D eigenvalue weighted by Gasteiger charge is 2.18. The van der Waals surface area contributed by atoms with Gasteiger partial charge in [0.1, 0.15) is 0 Å². The second-order valence-corrected chi connectivity index (χ2v) is 2.27. The fourth-order valence-corrected chi connectivity index (χ4v) is 1.05. The molecule has 1 rings (SSSR count). The molecule has 0 spiro atoms. The molecule has 1 atom stereocenters. The van der Waals surface area contributed by atoms with Gasteiger partial charge in [0.25, 0.3) is 0 Å². The summed E-state index contributed by atoms with van der Waals surface area (Å²) in [5, 5.41) is 5.72. The number of piperidine rings is 1. The molecule has 0 aromatic rings. The summed E-state index contributed by atoms with van der Waals surface area (Å²) in [5.74, 6) is 0.142. The highest BCUT2D eigenvalue weighted by molar-refractivity contribution is 5.82. The van der Waals surface area contributed by atoms with Crippen LogP contribution in [-0.4, -0.2) is 25.5 Å². The quantitative estimate of drug-likeness (QED) is 0.499. The molecule has 2 N–H and O–H groups in total. The Morgan fingerprint density at radius 2 is 2.56 bits per heavy atom. The topological polar surface area (TPSA) is 41.1 Å². The molecule has 9 heavy (non-hydrogen) atoms. The van der Waals surface area contributed by atoms with Gasteiger partial charge in [0.05, 0.1) is 6.04 Å². The molecule has 0 saturated carbocycles. The second-order valence-electron chi connectivity index (χ2n) is 2.27. The number of hydrogen-bond acceptors (Lipinski definition) is 2. The first-order valence-corrected chi connectivity index (χ1v) is 3.29. The summed E-state index contributed by atoms with van der Waals surface area (Å²) < 4.78 is 0. The summed E-state index contributed by atoms with van der Waals surface area (Å²) in [4.78, 5) is 10.9. The van der Waals surface area contributed by atoms with Crippen LogP contribution in [0.5, 0.6) is 0 Å². The predicted octanol–water partition coefficient (Wildman–Crippen LogP) is -0.516. The monoisotopic (exact) mass is 128 g/mol. The Kier molecular flexibility index (Phi) is 2.05. The van der Waals surface area contributed by atoms with E-state index < -0.39 is 0 Å². The van der Waals surface area contributed by atoms with Crippen molar-refractivity contribution in [2.75, 3.05) is 13.6 Å². The number of hydrogen-bond donors (Lipinski definition) is 2. The zero-order valence-corrected chi connectivity index (χ0v) is 5.61. The molecule has 1 heterocycles. The van der Waals surface area contributed by atoms with Crippen LogP contribution in [0, 0.1) is 0 Å². The minimum absolute atomic E-state index is 0.0544. The van der Waals surface area contributed by atoms with Crippen molar-refractivity contribution in [3.8, 4) is 0 Å². The van der Waals surface area contributed by atoms with E-state index in [4.69, 9.17) is 0 Å². The van der Waals surface area contributed by atoms with Crippen LogP contribution < -0.4 is 10.6 Å². The lowest BCUT2D eigenvalue weighted by molar-refractivity contribution is -0.124. The maximum Gasteiger partial charge on any atom is 0.237 e. The third-order valence-corrected chi connectivity index (χ3v) is 1.63. The van der Waals surface area contributed by atoms with Crippen LogP contribution in [0.4, 0.5) is 0 Å². The molecule has 1 saturated heterocycles. The Morgan fingerprint density at radius 1 is 1.78 bits per heavy atom. The summed E-state index contributed by atoms with van der Waals surface area (Å²) in [6.07, 6.45) is 2.07. The van der Waals surface area contributed by atoms with Gasteiger partial charge in [-0.25, -0.2) is 0 Å². The van der Waals surface area contributed by atoms with Crippen molar-refractivity contribution in [3.05, 3.63) is 0 Å². The summed E-state index contributed by atoms with van der Waals surface area (Å²) in [5.41, 5.74) is 0. The molecule has 0 bridgehead atoms. The van der Waals surface area contributed by atoms with E-state index in [9.17, 15) is 4.79 Å². The van der Waals surface area contributed by atoms with E-state index in [1.807, 2.05) is 7.05 Å². The molecule has 0 aliphatic carbocycles. The van der Waals surface area contributed by atoms with E-state index in [2.05, 4.69) is 10.6 Å². The van der Waals surface area contributed by atoms with E-state index in [1.165, 1.54) is 0 Å². The molecule has 0 radical (unpaired) electrons. The van der Waals surface area contributed by atoms with Gasteiger partial charge in [-0.15, -0.1) is 0 Å². The molecule has 1 aliphatic heterocycles. The number of rotatable bonds is 1.